The average Bonchev–Trinajstić information content (AvgIpc) is 2.32. The minimum Gasteiger partial charge on any atom is -0.506 e. The molecule has 0 aromatic heterocycles. The molecule has 1 aromatic carbocycles. The van der Waals surface area contributed by atoms with Crippen molar-refractivity contribution in [1.29, 1.82) is 0 Å². The summed E-state index contributed by atoms with van der Waals surface area (Å²) in [5.74, 6) is 1.01. The maximum Gasteiger partial charge on any atom is 0.133 e. The lowest BCUT2D eigenvalue weighted by Gasteiger charge is -2.25. The number of aryl methyl sites for hydroxylation is 1. The van der Waals surface area contributed by atoms with Crippen LogP contribution in [0.15, 0.2) is 10.5 Å². The maximum absolute atomic E-state index is 10.0. The number of aromatic hydroxyl groups is 1. The molecule has 0 spiro atoms. The molecule has 0 aliphatic carbocycles. The number of hydrogen-bond donors (Lipinski definition) is 2. The normalized spacial score (nSPS) is 17.7. The SMILES string of the molecule is Cc1cc(C2CCNCC2)c(C)c(O)c1Br. The van der Waals surface area contributed by atoms with E-state index < -0.39 is 0 Å². The van der Waals surface area contributed by atoms with E-state index in [2.05, 4.69) is 27.3 Å². The van der Waals surface area contributed by atoms with E-state index in [0.29, 0.717) is 11.7 Å². The molecule has 16 heavy (non-hydrogen) atoms. The first-order valence-electron chi connectivity index (χ1n) is 5.80. The lowest BCUT2D eigenvalue weighted by molar-refractivity contribution is 0.445. The van der Waals surface area contributed by atoms with E-state index in [4.69, 9.17) is 0 Å². The minimum atomic E-state index is 0.411. The third kappa shape index (κ3) is 2.11. The molecule has 1 aliphatic rings. The second kappa shape index (κ2) is 4.76. The van der Waals surface area contributed by atoms with Gasteiger partial charge >= 0.3 is 0 Å². The molecule has 0 bridgehead atoms. The highest BCUT2D eigenvalue weighted by molar-refractivity contribution is 9.10. The zero-order chi connectivity index (χ0) is 11.7. The fourth-order valence-electron chi connectivity index (χ4n) is 2.45. The van der Waals surface area contributed by atoms with E-state index >= 15 is 0 Å². The van der Waals surface area contributed by atoms with Crippen molar-refractivity contribution in [2.75, 3.05) is 13.1 Å². The van der Waals surface area contributed by atoms with Gasteiger partial charge in [-0.1, -0.05) is 6.07 Å². The van der Waals surface area contributed by atoms with Crippen molar-refractivity contribution in [2.45, 2.75) is 32.6 Å². The Kier molecular flexibility index (Phi) is 3.55. The zero-order valence-electron chi connectivity index (χ0n) is 9.81. The summed E-state index contributed by atoms with van der Waals surface area (Å²) in [4.78, 5) is 0. The van der Waals surface area contributed by atoms with Gasteiger partial charge in [0.25, 0.3) is 0 Å². The van der Waals surface area contributed by atoms with Crippen LogP contribution < -0.4 is 5.32 Å². The summed E-state index contributed by atoms with van der Waals surface area (Å²) in [6.45, 7) is 6.21. The highest BCUT2D eigenvalue weighted by Crippen LogP contribution is 2.38. The van der Waals surface area contributed by atoms with Crippen molar-refractivity contribution in [3.8, 4) is 5.75 Å². The Bertz CT molecular complexity index is 397. The van der Waals surface area contributed by atoms with E-state index in [9.17, 15) is 5.11 Å². The van der Waals surface area contributed by atoms with Crippen molar-refractivity contribution in [1.82, 2.24) is 5.32 Å². The van der Waals surface area contributed by atoms with Crippen molar-refractivity contribution in [2.24, 2.45) is 0 Å². The number of halogens is 1. The molecule has 2 nitrogen and oxygen atoms in total. The van der Waals surface area contributed by atoms with Crippen LogP contribution in [0.4, 0.5) is 0 Å². The van der Waals surface area contributed by atoms with Crippen LogP contribution in [0.1, 0.15) is 35.4 Å². The van der Waals surface area contributed by atoms with Gasteiger partial charge in [-0.25, -0.2) is 0 Å². The number of benzene rings is 1. The highest BCUT2D eigenvalue weighted by Gasteiger charge is 2.20. The van der Waals surface area contributed by atoms with Gasteiger partial charge in [0.1, 0.15) is 5.75 Å². The predicted octanol–water partition coefficient (Wildman–Crippen LogP) is 3.24. The number of piperidine rings is 1. The second-order valence-corrected chi connectivity index (χ2v) is 5.39. The van der Waals surface area contributed by atoms with Gasteiger partial charge in [-0.2, -0.15) is 0 Å². The molecule has 1 aromatic rings. The summed E-state index contributed by atoms with van der Waals surface area (Å²) in [6, 6.07) is 2.22. The van der Waals surface area contributed by atoms with Gasteiger partial charge in [0.05, 0.1) is 4.47 Å². The molecular formula is C13H18BrNO. The van der Waals surface area contributed by atoms with E-state index in [1.54, 1.807) is 0 Å². The van der Waals surface area contributed by atoms with Crippen LogP contribution in [0.25, 0.3) is 0 Å². The summed E-state index contributed by atoms with van der Waals surface area (Å²) in [5.41, 5.74) is 3.47. The molecule has 2 N–H and O–H groups in total. The third-order valence-corrected chi connectivity index (χ3v) is 4.49. The molecule has 2 rings (SSSR count). The van der Waals surface area contributed by atoms with Crippen LogP contribution in [-0.2, 0) is 0 Å². The number of hydrogen-bond acceptors (Lipinski definition) is 2. The summed E-state index contributed by atoms with van der Waals surface area (Å²) in [5, 5.41) is 13.4. The lowest BCUT2D eigenvalue weighted by atomic mass is 9.86. The smallest absolute Gasteiger partial charge is 0.133 e. The third-order valence-electron chi connectivity index (χ3n) is 3.49. The van der Waals surface area contributed by atoms with Gasteiger partial charge in [0.2, 0.25) is 0 Å². The van der Waals surface area contributed by atoms with Gasteiger partial charge in [-0.15, -0.1) is 0 Å². The molecular weight excluding hydrogens is 266 g/mol. The monoisotopic (exact) mass is 283 g/mol. The van der Waals surface area contributed by atoms with Crippen LogP contribution in [0.2, 0.25) is 0 Å². The molecule has 3 heteroatoms. The van der Waals surface area contributed by atoms with Gasteiger partial charge in [0, 0.05) is 0 Å². The van der Waals surface area contributed by atoms with E-state index in [0.717, 1.165) is 28.7 Å². The minimum absolute atomic E-state index is 0.411. The topological polar surface area (TPSA) is 32.3 Å². The number of phenols is 1. The van der Waals surface area contributed by atoms with Gasteiger partial charge < -0.3 is 10.4 Å². The second-order valence-electron chi connectivity index (χ2n) is 4.59. The van der Waals surface area contributed by atoms with Crippen LogP contribution >= 0.6 is 15.9 Å². The molecule has 0 atom stereocenters. The molecule has 0 unspecified atom stereocenters. The Morgan fingerprint density at radius 3 is 2.56 bits per heavy atom. The summed E-state index contributed by atoms with van der Waals surface area (Å²) >= 11 is 3.43. The Balaban J connectivity index is 2.40. The predicted molar refractivity (Wildman–Crippen MR) is 70.1 cm³/mol. The van der Waals surface area contributed by atoms with Crippen molar-refractivity contribution >= 4 is 15.9 Å². The first-order valence-corrected chi connectivity index (χ1v) is 6.60. The Morgan fingerprint density at radius 1 is 1.31 bits per heavy atom. The molecule has 0 amide bonds. The molecule has 1 heterocycles. The van der Waals surface area contributed by atoms with Crippen LogP contribution in [0.5, 0.6) is 5.75 Å². The Hall–Kier alpha value is -0.540. The number of nitrogens with one attached hydrogen (secondary N) is 1. The first kappa shape index (κ1) is 11.9. The van der Waals surface area contributed by atoms with Crippen molar-refractivity contribution in [3.63, 3.8) is 0 Å². The molecule has 88 valence electrons. The molecule has 0 radical (unpaired) electrons. The molecule has 1 fully saturated rings. The molecule has 1 saturated heterocycles. The fraction of sp³-hybridized carbons (Fsp3) is 0.538. The van der Waals surface area contributed by atoms with Gasteiger partial charge in [-0.3, -0.25) is 0 Å². The number of rotatable bonds is 1. The van der Waals surface area contributed by atoms with Crippen LogP contribution in [0.3, 0.4) is 0 Å². The summed E-state index contributed by atoms with van der Waals surface area (Å²) < 4.78 is 0.836. The molecule has 0 saturated carbocycles. The van der Waals surface area contributed by atoms with Crippen molar-refractivity contribution in [3.05, 3.63) is 27.2 Å². The lowest BCUT2D eigenvalue weighted by Crippen LogP contribution is -2.27. The van der Waals surface area contributed by atoms with E-state index in [-0.39, 0.29) is 0 Å². The average molecular weight is 284 g/mol. The fourth-order valence-corrected chi connectivity index (χ4v) is 2.86. The summed E-state index contributed by atoms with van der Waals surface area (Å²) in [7, 11) is 0. The van der Waals surface area contributed by atoms with Gasteiger partial charge in [0.15, 0.2) is 0 Å². The summed E-state index contributed by atoms with van der Waals surface area (Å²) in [6.07, 6.45) is 2.34. The van der Waals surface area contributed by atoms with E-state index in [1.165, 1.54) is 18.4 Å². The van der Waals surface area contributed by atoms with Gasteiger partial charge in [-0.05, 0) is 78.3 Å². The Labute approximate surface area is 105 Å². The number of phenolic OH excluding ortho intramolecular Hbond substituents is 1. The maximum atomic E-state index is 10.0. The van der Waals surface area contributed by atoms with E-state index in [1.807, 2.05) is 13.8 Å². The first-order chi connectivity index (χ1) is 7.61. The quantitative estimate of drug-likeness (QED) is 0.829. The van der Waals surface area contributed by atoms with Crippen molar-refractivity contribution < 1.29 is 5.11 Å². The zero-order valence-corrected chi connectivity index (χ0v) is 11.4. The standard InChI is InChI=1S/C13H18BrNO/c1-8-7-11(9(2)13(16)12(8)14)10-3-5-15-6-4-10/h7,10,15-16H,3-6H2,1-2H3. The Morgan fingerprint density at radius 2 is 1.94 bits per heavy atom. The van der Waals surface area contributed by atoms with Crippen LogP contribution in [0, 0.1) is 13.8 Å². The molecule has 1 aliphatic heterocycles. The highest BCUT2D eigenvalue weighted by atomic mass is 79.9. The largest absolute Gasteiger partial charge is 0.506 e. The van der Waals surface area contributed by atoms with Crippen LogP contribution in [-0.4, -0.2) is 18.2 Å².